The highest BCUT2D eigenvalue weighted by Crippen LogP contribution is 2.49. The van der Waals surface area contributed by atoms with Crippen LogP contribution in [0, 0.1) is 11.3 Å². The highest BCUT2D eigenvalue weighted by atomic mass is 16.6. The zero-order chi connectivity index (χ0) is 7.03. The third-order valence-electron chi connectivity index (χ3n) is 2.60. The van der Waals surface area contributed by atoms with Gasteiger partial charge in [0.15, 0.2) is 0 Å². The van der Waals surface area contributed by atoms with Crippen LogP contribution in [-0.2, 0) is 4.74 Å². The monoisotopic (exact) mass is 137 g/mol. The Hall–Kier alpha value is -0.550. The third kappa shape index (κ3) is 0.741. The van der Waals surface area contributed by atoms with Gasteiger partial charge in [0.05, 0.1) is 18.6 Å². The summed E-state index contributed by atoms with van der Waals surface area (Å²) in [5.74, 6) is 0. The Kier molecular flexibility index (Phi) is 1.21. The minimum Gasteiger partial charge on any atom is -0.365 e. The number of nitriles is 1. The van der Waals surface area contributed by atoms with Gasteiger partial charge < -0.3 is 4.74 Å². The van der Waals surface area contributed by atoms with Gasteiger partial charge in [-0.1, -0.05) is 12.8 Å². The van der Waals surface area contributed by atoms with Crippen molar-refractivity contribution in [3.05, 3.63) is 0 Å². The summed E-state index contributed by atoms with van der Waals surface area (Å²) in [7, 11) is 0. The SMILES string of the molecule is N#CC[C@]12CCCC[C@H]1O2. The van der Waals surface area contributed by atoms with Crippen LogP contribution >= 0.6 is 0 Å². The largest absolute Gasteiger partial charge is 0.365 e. The summed E-state index contributed by atoms with van der Waals surface area (Å²) in [5, 5.41) is 8.48. The van der Waals surface area contributed by atoms with Crippen LogP contribution in [-0.4, -0.2) is 11.7 Å². The second-order valence-corrected chi connectivity index (χ2v) is 3.25. The lowest BCUT2D eigenvalue weighted by molar-refractivity contribution is 0.289. The minimum atomic E-state index is 0.0347. The number of hydrogen-bond donors (Lipinski definition) is 0. The Bertz CT molecular complexity index is 184. The van der Waals surface area contributed by atoms with E-state index in [4.69, 9.17) is 10.00 Å². The molecule has 1 saturated carbocycles. The molecule has 1 aliphatic heterocycles. The fraction of sp³-hybridized carbons (Fsp3) is 0.875. The standard InChI is InChI=1S/C8H11NO/c9-6-5-8-4-2-1-3-7(8)10-8/h7H,1-5H2/t7-,8-/m1/s1. The molecule has 0 N–H and O–H groups in total. The van der Waals surface area contributed by atoms with E-state index >= 15 is 0 Å². The van der Waals surface area contributed by atoms with Crippen LogP contribution in [0.25, 0.3) is 0 Å². The molecule has 2 aliphatic rings. The van der Waals surface area contributed by atoms with Crippen molar-refractivity contribution < 1.29 is 4.74 Å². The first-order valence-corrected chi connectivity index (χ1v) is 3.92. The smallest absolute Gasteiger partial charge is 0.108 e. The fourth-order valence-corrected chi connectivity index (χ4v) is 1.92. The molecule has 0 bridgehead atoms. The fourth-order valence-electron chi connectivity index (χ4n) is 1.92. The van der Waals surface area contributed by atoms with Gasteiger partial charge in [-0.15, -0.1) is 0 Å². The molecule has 10 heavy (non-hydrogen) atoms. The van der Waals surface area contributed by atoms with Crippen LogP contribution in [0.5, 0.6) is 0 Å². The molecule has 54 valence electrons. The second kappa shape index (κ2) is 1.96. The topological polar surface area (TPSA) is 36.3 Å². The van der Waals surface area contributed by atoms with Crippen LogP contribution in [0.3, 0.4) is 0 Å². The minimum absolute atomic E-state index is 0.0347. The van der Waals surface area contributed by atoms with E-state index in [2.05, 4.69) is 6.07 Å². The molecule has 2 fully saturated rings. The van der Waals surface area contributed by atoms with Crippen LogP contribution in [0.1, 0.15) is 32.1 Å². The zero-order valence-electron chi connectivity index (χ0n) is 5.97. The number of ether oxygens (including phenoxy) is 1. The van der Waals surface area contributed by atoms with Crippen molar-refractivity contribution in [2.45, 2.75) is 43.8 Å². The van der Waals surface area contributed by atoms with Gasteiger partial charge in [0.2, 0.25) is 0 Å². The first-order valence-electron chi connectivity index (χ1n) is 3.92. The Morgan fingerprint density at radius 3 is 3.20 bits per heavy atom. The normalized spacial score (nSPS) is 43.7. The molecule has 0 amide bonds. The first kappa shape index (κ1) is 6.18. The summed E-state index contributed by atoms with van der Waals surface area (Å²) >= 11 is 0. The molecule has 2 heteroatoms. The third-order valence-corrected chi connectivity index (χ3v) is 2.60. The van der Waals surface area contributed by atoms with E-state index < -0.39 is 0 Å². The van der Waals surface area contributed by atoms with Crippen LogP contribution in [0.15, 0.2) is 0 Å². The molecule has 0 aromatic heterocycles. The molecule has 0 aromatic carbocycles. The van der Waals surface area contributed by atoms with E-state index in [0.717, 1.165) is 6.42 Å². The van der Waals surface area contributed by atoms with E-state index in [1.54, 1.807) is 0 Å². The molecule has 0 unspecified atom stereocenters. The quantitative estimate of drug-likeness (QED) is 0.515. The maximum absolute atomic E-state index is 8.48. The molecule has 2 atom stereocenters. The number of nitrogens with zero attached hydrogens (tertiary/aromatic N) is 1. The lowest BCUT2D eigenvalue weighted by Crippen LogP contribution is -2.18. The maximum Gasteiger partial charge on any atom is 0.108 e. The van der Waals surface area contributed by atoms with Gasteiger partial charge in [-0.25, -0.2) is 0 Å². The molecule has 2 rings (SSSR count). The molecule has 1 saturated heterocycles. The summed E-state index contributed by atoms with van der Waals surface area (Å²) < 4.78 is 5.48. The van der Waals surface area contributed by atoms with Gasteiger partial charge in [-0.3, -0.25) is 0 Å². The van der Waals surface area contributed by atoms with Crippen molar-refractivity contribution in [3.8, 4) is 6.07 Å². The highest BCUT2D eigenvalue weighted by Gasteiger charge is 2.56. The number of rotatable bonds is 1. The summed E-state index contributed by atoms with van der Waals surface area (Å²) in [6.45, 7) is 0. The summed E-state index contributed by atoms with van der Waals surface area (Å²) in [5.41, 5.74) is 0.0347. The Labute approximate surface area is 60.8 Å². The predicted octanol–water partition coefficient (Wildman–Crippen LogP) is 1.61. The van der Waals surface area contributed by atoms with Gasteiger partial charge in [0, 0.05) is 0 Å². The number of hydrogen-bond acceptors (Lipinski definition) is 2. The van der Waals surface area contributed by atoms with Gasteiger partial charge >= 0.3 is 0 Å². The van der Waals surface area contributed by atoms with Gasteiger partial charge in [0.25, 0.3) is 0 Å². The van der Waals surface area contributed by atoms with Crippen LogP contribution < -0.4 is 0 Å². The van der Waals surface area contributed by atoms with Gasteiger partial charge in [-0.2, -0.15) is 5.26 Å². The van der Waals surface area contributed by atoms with E-state index in [1.807, 2.05) is 0 Å². The van der Waals surface area contributed by atoms with Gasteiger partial charge in [-0.05, 0) is 12.8 Å². The van der Waals surface area contributed by atoms with Crippen LogP contribution in [0.4, 0.5) is 0 Å². The summed E-state index contributed by atoms with van der Waals surface area (Å²) in [6, 6.07) is 2.19. The van der Waals surface area contributed by atoms with Crippen LogP contribution in [0.2, 0.25) is 0 Å². The Balaban J connectivity index is 2.00. The highest BCUT2D eigenvalue weighted by molar-refractivity contribution is 5.09. The molecule has 1 heterocycles. The maximum atomic E-state index is 8.48. The Morgan fingerprint density at radius 2 is 2.50 bits per heavy atom. The molecular formula is C8H11NO. The molecular weight excluding hydrogens is 126 g/mol. The molecule has 0 aromatic rings. The van der Waals surface area contributed by atoms with Crippen molar-refractivity contribution in [1.29, 1.82) is 5.26 Å². The average Bonchev–Trinajstić information content (AvgIpc) is 2.62. The molecule has 2 nitrogen and oxygen atoms in total. The van der Waals surface area contributed by atoms with Crippen molar-refractivity contribution >= 4 is 0 Å². The lowest BCUT2D eigenvalue weighted by Gasteiger charge is -2.12. The van der Waals surface area contributed by atoms with Gasteiger partial charge in [0.1, 0.15) is 5.60 Å². The number of epoxide rings is 1. The molecule has 0 spiro atoms. The summed E-state index contributed by atoms with van der Waals surface area (Å²) in [4.78, 5) is 0. The first-order chi connectivity index (χ1) is 4.87. The van der Waals surface area contributed by atoms with E-state index in [1.165, 1.54) is 19.3 Å². The van der Waals surface area contributed by atoms with Crippen molar-refractivity contribution in [3.63, 3.8) is 0 Å². The van der Waals surface area contributed by atoms with Crippen molar-refractivity contribution in [2.75, 3.05) is 0 Å². The van der Waals surface area contributed by atoms with E-state index in [-0.39, 0.29) is 5.60 Å². The zero-order valence-corrected chi connectivity index (χ0v) is 5.97. The molecule has 1 aliphatic carbocycles. The van der Waals surface area contributed by atoms with Crippen molar-refractivity contribution in [1.82, 2.24) is 0 Å². The lowest BCUT2D eigenvalue weighted by atomic mass is 9.87. The average molecular weight is 137 g/mol. The summed E-state index contributed by atoms with van der Waals surface area (Å²) in [6.07, 6.45) is 5.89. The van der Waals surface area contributed by atoms with E-state index in [9.17, 15) is 0 Å². The molecule has 0 radical (unpaired) electrons. The number of fused-ring (bicyclic) bond motifs is 1. The van der Waals surface area contributed by atoms with Crippen molar-refractivity contribution in [2.24, 2.45) is 0 Å². The Morgan fingerprint density at radius 1 is 1.60 bits per heavy atom. The predicted molar refractivity (Wildman–Crippen MR) is 36.3 cm³/mol. The second-order valence-electron chi connectivity index (χ2n) is 3.25. The van der Waals surface area contributed by atoms with E-state index in [0.29, 0.717) is 12.5 Å².